The van der Waals surface area contributed by atoms with Gasteiger partial charge in [0.2, 0.25) is 0 Å². The summed E-state index contributed by atoms with van der Waals surface area (Å²) in [6.07, 6.45) is 5.28. The average molecular weight is 244 g/mol. The predicted octanol–water partition coefficient (Wildman–Crippen LogP) is 3.10. The van der Waals surface area contributed by atoms with Gasteiger partial charge in [-0.1, -0.05) is 38.0 Å². The molecule has 18 heavy (non-hydrogen) atoms. The maximum atomic E-state index is 12.1. The third-order valence-electron chi connectivity index (χ3n) is 3.21. The fourth-order valence-electron chi connectivity index (χ4n) is 2.19. The summed E-state index contributed by atoms with van der Waals surface area (Å²) in [7, 11) is 1.97. The van der Waals surface area contributed by atoms with Crippen molar-refractivity contribution >= 4 is 16.8 Å². The largest absolute Gasteiger partial charge is 0.352 e. The van der Waals surface area contributed by atoms with Crippen LogP contribution in [0.15, 0.2) is 30.5 Å². The molecule has 0 saturated carbocycles. The molecule has 1 aromatic carbocycles. The lowest BCUT2D eigenvalue weighted by Crippen LogP contribution is -2.24. The van der Waals surface area contributed by atoms with Crippen LogP contribution in [0.5, 0.6) is 0 Å². The minimum Gasteiger partial charge on any atom is -0.352 e. The maximum Gasteiger partial charge on any atom is 0.253 e. The minimum atomic E-state index is 0.0305. The van der Waals surface area contributed by atoms with E-state index in [4.69, 9.17) is 0 Å². The van der Waals surface area contributed by atoms with Crippen molar-refractivity contribution in [3.63, 3.8) is 0 Å². The molecule has 1 amide bonds. The highest BCUT2D eigenvalue weighted by Crippen LogP contribution is 2.19. The van der Waals surface area contributed by atoms with Crippen LogP contribution in [0, 0.1) is 0 Å². The zero-order chi connectivity index (χ0) is 13.0. The Balaban J connectivity index is 2.13. The van der Waals surface area contributed by atoms with E-state index in [-0.39, 0.29) is 5.91 Å². The zero-order valence-corrected chi connectivity index (χ0v) is 11.1. The molecule has 0 aliphatic rings. The highest BCUT2D eigenvalue weighted by atomic mass is 16.1. The van der Waals surface area contributed by atoms with Crippen molar-refractivity contribution in [1.29, 1.82) is 0 Å². The number of aromatic nitrogens is 1. The van der Waals surface area contributed by atoms with Gasteiger partial charge in [0.25, 0.3) is 5.91 Å². The number of hydrogen-bond donors (Lipinski definition) is 1. The molecule has 1 heterocycles. The number of hydrogen-bond acceptors (Lipinski definition) is 1. The number of carbonyl (C=O) groups excluding carboxylic acids is 1. The van der Waals surface area contributed by atoms with Gasteiger partial charge >= 0.3 is 0 Å². The second kappa shape index (κ2) is 5.71. The fourth-order valence-corrected chi connectivity index (χ4v) is 2.19. The van der Waals surface area contributed by atoms with E-state index in [1.165, 1.54) is 6.42 Å². The molecule has 0 atom stereocenters. The first-order chi connectivity index (χ1) is 8.74. The van der Waals surface area contributed by atoms with Gasteiger partial charge in [0.15, 0.2) is 0 Å². The molecule has 0 radical (unpaired) electrons. The van der Waals surface area contributed by atoms with Crippen LogP contribution in [-0.4, -0.2) is 17.0 Å². The van der Waals surface area contributed by atoms with Crippen LogP contribution >= 0.6 is 0 Å². The molecular weight excluding hydrogens is 224 g/mol. The van der Waals surface area contributed by atoms with Crippen LogP contribution in [0.2, 0.25) is 0 Å². The van der Waals surface area contributed by atoms with Crippen LogP contribution in [0.25, 0.3) is 10.9 Å². The quantitative estimate of drug-likeness (QED) is 0.806. The molecule has 0 saturated heterocycles. The second-order valence-corrected chi connectivity index (χ2v) is 4.63. The van der Waals surface area contributed by atoms with Crippen molar-refractivity contribution < 1.29 is 4.79 Å². The van der Waals surface area contributed by atoms with Gasteiger partial charge in [-0.3, -0.25) is 4.79 Å². The first kappa shape index (κ1) is 12.7. The van der Waals surface area contributed by atoms with Gasteiger partial charge in [0.1, 0.15) is 0 Å². The van der Waals surface area contributed by atoms with E-state index >= 15 is 0 Å². The summed E-state index contributed by atoms with van der Waals surface area (Å²) in [5, 5.41) is 4.01. The molecule has 0 bridgehead atoms. The predicted molar refractivity (Wildman–Crippen MR) is 74.8 cm³/mol. The number of unbranched alkanes of at least 4 members (excludes halogenated alkanes) is 2. The molecule has 0 aliphatic carbocycles. The van der Waals surface area contributed by atoms with Crippen LogP contribution < -0.4 is 5.32 Å². The lowest BCUT2D eigenvalue weighted by Gasteiger charge is -2.03. The van der Waals surface area contributed by atoms with Crippen molar-refractivity contribution in [2.45, 2.75) is 26.2 Å². The van der Waals surface area contributed by atoms with E-state index < -0.39 is 0 Å². The Hall–Kier alpha value is -1.77. The van der Waals surface area contributed by atoms with E-state index in [0.29, 0.717) is 0 Å². The SMILES string of the molecule is CCCCCNC(=O)c1cn(C)c2ccccc12. The van der Waals surface area contributed by atoms with Gasteiger partial charge in [-0.2, -0.15) is 0 Å². The summed E-state index contributed by atoms with van der Waals surface area (Å²) in [6.45, 7) is 2.92. The smallest absolute Gasteiger partial charge is 0.253 e. The number of benzene rings is 1. The highest BCUT2D eigenvalue weighted by molar-refractivity contribution is 6.06. The Morgan fingerprint density at radius 3 is 2.83 bits per heavy atom. The van der Waals surface area contributed by atoms with Crippen molar-refractivity contribution in [2.75, 3.05) is 6.54 Å². The Bertz CT molecular complexity index is 542. The second-order valence-electron chi connectivity index (χ2n) is 4.63. The molecule has 0 aliphatic heterocycles. The van der Waals surface area contributed by atoms with Crippen molar-refractivity contribution in [2.24, 2.45) is 7.05 Å². The molecule has 2 rings (SSSR count). The van der Waals surface area contributed by atoms with Gasteiger partial charge in [-0.15, -0.1) is 0 Å². The molecule has 3 heteroatoms. The van der Waals surface area contributed by atoms with Gasteiger partial charge in [0, 0.05) is 30.7 Å². The number of rotatable bonds is 5. The first-order valence-electron chi connectivity index (χ1n) is 6.56. The van der Waals surface area contributed by atoms with E-state index in [0.717, 1.165) is 35.9 Å². The Morgan fingerprint density at radius 1 is 1.28 bits per heavy atom. The number of para-hydroxylation sites is 1. The topological polar surface area (TPSA) is 34.0 Å². The zero-order valence-electron chi connectivity index (χ0n) is 11.1. The molecule has 96 valence electrons. The summed E-state index contributed by atoms with van der Waals surface area (Å²) >= 11 is 0. The van der Waals surface area contributed by atoms with Crippen molar-refractivity contribution in [3.8, 4) is 0 Å². The monoisotopic (exact) mass is 244 g/mol. The third-order valence-corrected chi connectivity index (χ3v) is 3.21. The number of carbonyl (C=O) groups is 1. The Morgan fingerprint density at radius 2 is 2.06 bits per heavy atom. The van der Waals surface area contributed by atoms with Crippen molar-refractivity contribution in [3.05, 3.63) is 36.0 Å². The summed E-state index contributed by atoms with van der Waals surface area (Å²) in [5.41, 5.74) is 1.86. The summed E-state index contributed by atoms with van der Waals surface area (Å²) in [5.74, 6) is 0.0305. The average Bonchev–Trinajstić information content (AvgIpc) is 2.73. The number of nitrogens with one attached hydrogen (secondary N) is 1. The number of nitrogens with zero attached hydrogens (tertiary/aromatic N) is 1. The van der Waals surface area contributed by atoms with Gasteiger partial charge in [-0.05, 0) is 12.5 Å². The standard InChI is InChI=1S/C15H20N2O/c1-3-4-7-10-16-15(18)13-11-17(2)14-9-6-5-8-12(13)14/h5-6,8-9,11H,3-4,7,10H2,1-2H3,(H,16,18). The molecule has 1 N–H and O–H groups in total. The molecular formula is C15H20N2O. The van der Waals surface area contributed by atoms with Gasteiger partial charge < -0.3 is 9.88 Å². The van der Waals surface area contributed by atoms with Crippen molar-refractivity contribution in [1.82, 2.24) is 9.88 Å². The van der Waals surface area contributed by atoms with Crippen LogP contribution in [0.1, 0.15) is 36.5 Å². The molecule has 0 unspecified atom stereocenters. The molecule has 2 aromatic rings. The van der Waals surface area contributed by atoms with E-state index in [9.17, 15) is 4.79 Å². The van der Waals surface area contributed by atoms with E-state index in [2.05, 4.69) is 12.2 Å². The molecule has 0 fully saturated rings. The normalized spacial score (nSPS) is 10.8. The van der Waals surface area contributed by atoms with E-state index in [1.54, 1.807) is 0 Å². The van der Waals surface area contributed by atoms with Gasteiger partial charge in [-0.25, -0.2) is 0 Å². The van der Waals surface area contributed by atoms with Gasteiger partial charge in [0.05, 0.1) is 5.56 Å². The van der Waals surface area contributed by atoms with Crippen LogP contribution in [-0.2, 0) is 7.05 Å². The molecule has 3 nitrogen and oxygen atoms in total. The highest BCUT2D eigenvalue weighted by Gasteiger charge is 2.12. The summed E-state index contributed by atoms with van der Waals surface area (Å²) in [6, 6.07) is 7.99. The van der Waals surface area contributed by atoms with Crippen LogP contribution in [0.3, 0.4) is 0 Å². The Labute approximate surface area is 108 Å². The number of amides is 1. The third kappa shape index (κ3) is 2.55. The number of aryl methyl sites for hydroxylation is 1. The molecule has 0 spiro atoms. The first-order valence-corrected chi connectivity index (χ1v) is 6.56. The summed E-state index contributed by atoms with van der Waals surface area (Å²) in [4.78, 5) is 12.1. The number of fused-ring (bicyclic) bond motifs is 1. The Kier molecular flexibility index (Phi) is 4.03. The lowest BCUT2D eigenvalue weighted by molar-refractivity contribution is 0.0954. The fraction of sp³-hybridized carbons (Fsp3) is 0.400. The maximum absolute atomic E-state index is 12.1. The van der Waals surface area contributed by atoms with Crippen LogP contribution in [0.4, 0.5) is 0 Å². The summed E-state index contributed by atoms with van der Waals surface area (Å²) < 4.78 is 2.00. The lowest BCUT2D eigenvalue weighted by atomic mass is 10.1. The minimum absolute atomic E-state index is 0.0305. The molecule has 1 aromatic heterocycles. The van der Waals surface area contributed by atoms with E-state index in [1.807, 2.05) is 42.1 Å².